The maximum Gasteiger partial charge on any atom is 0.269 e. The number of hydrogen-bond acceptors (Lipinski definition) is 5. The second-order valence-corrected chi connectivity index (χ2v) is 8.73. The van der Waals surface area contributed by atoms with Crippen LogP contribution in [0.1, 0.15) is 24.8 Å². The van der Waals surface area contributed by atoms with E-state index in [1.165, 1.54) is 24.3 Å². The zero-order valence-electron chi connectivity index (χ0n) is 15.9. The molecule has 154 valence electrons. The van der Waals surface area contributed by atoms with Crippen LogP contribution in [0, 0.1) is 10.1 Å². The summed E-state index contributed by atoms with van der Waals surface area (Å²) in [4.78, 5) is 24.3. The first-order valence-corrected chi connectivity index (χ1v) is 10.9. The van der Waals surface area contributed by atoms with E-state index in [9.17, 15) is 23.3 Å². The molecule has 0 saturated carbocycles. The molecule has 0 radical (unpaired) electrons. The summed E-state index contributed by atoms with van der Waals surface area (Å²) in [5.41, 5.74) is 0.956. The van der Waals surface area contributed by atoms with Gasteiger partial charge in [0.2, 0.25) is 15.9 Å². The van der Waals surface area contributed by atoms with Crippen LogP contribution in [0.4, 0.5) is 5.69 Å². The number of hydrogen-bond donors (Lipinski definition) is 1. The molecular formula is C20H23N3O5S. The van der Waals surface area contributed by atoms with Gasteiger partial charge in [-0.3, -0.25) is 14.9 Å². The molecule has 1 amide bonds. The van der Waals surface area contributed by atoms with E-state index in [4.69, 9.17) is 0 Å². The number of nitro groups is 1. The predicted molar refractivity (Wildman–Crippen MR) is 108 cm³/mol. The molecule has 2 aromatic carbocycles. The zero-order valence-corrected chi connectivity index (χ0v) is 16.7. The highest BCUT2D eigenvalue weighted by Gasteiger charge is 2.26. The molecule has 1 N–H and O–H groups in total. The van der Waals surface area contributed by atoms with E-state index in [0.29, 0.717) is 38.8 Å². The summed E-state index contributed by atoms with van der Waals surface area (Å²) in [6.45, 7) is 1.00. The normalized spacial score (nSPS) is 15.2. The minimum Gasteiger partial charge on any atom is -0.343 e. The first-order chi connectivity index (χ1) is 13.8. The second kappa shape index (κ2) is 9.15. The molecule has 0 bridgehead atoms. The van der Waals surface area contributed by atoms with Crippen LogP contribution >= 0.6 is 0 Å². The van der Waals surface area contributed by atoms with Gasteiger partial charge in [0.05, 0.1) is 9.82 Å². The van der Waals surface area contributed by atoms with E-state index >= 15 is 0 Å². The molecule has 1 heterocycles. The van der Waals surface area contributed by atoms with E-state index in [1.54, 1.807) is 4.90 Å². The molecule has 3 rings (SSSR count). The third-order valence-electron chi connectivity index (χ3n) is 5.00. The van der Waals surface area contributed by atoms with Crippen molar-refractivity contribution in [2.45, 2.75) is 36.6 Å². The summed E-state index contributed by atoms with van der Waals surface area (Å²) in [5.74, 6) is 0.0746. The highest BCUT2D eigenvalue weighted by atomic mass is 32.2. The molecule has 9 heteroatoms. The lowest BCUT2D eigenvalue weighted by Gasteiger charge is -2.32. The molecular weight excluding hydrogens is 394 g/mol. The molecule has 1 aliphatic rings. The Labute approximate surface area is 169 Å². The summed E-state index contributed by atoms with van der Waals surface area (Å²) < 4.78 is 27.6. The van der Waals surface area contributed by atoms with Crippen LogP contribution in [-0.4, -0.2) is 43.3 Å². The lowest BCUT2D eigenvalue weighted by Crippen LogP contribution is -2.46. The number of piperidine rings is 1. The van der Waals surface area contributed by atoms with Crippen molar-refractivity contribution in [1.29, 1.82) is 0 Å². The zero-order chi connectivity index (χ0) is 20.9. The fourth-order valence-corrected chi connectivity index (χ4v) is 4.64. The van der Waals surface area contributed by atoms with Crippen LogP contribution in [0.5, 0.6) is 0 Å². The summed E-state index contributed by atoms with van der Waals surface area (Å²) in [6.07, 6.45) is 2.18. The highest BCUT2D eigenvalue weighted by Crippen LogP contribution is 2.19. The van der Waals surface area contributed by atoms with Crippen LogP contribution < -0.4 is 4.72 Å². The van der Waals surface area contributed by atoms with Crippen molar-refractivity contribution in [3.05, 3.63) is 70.3 Å². The number of rotatable bonds is 7. The smallest absolute Gasteiger partial charge is 0.269 e. The summed E-state index contributed by atoms with van der Waals surface area (Å²) in [5, 5.41) is 10.7. The SMILES string of the molecule is O=C(CCc1ccccc1)N1CCC(NS(=O)(=O)c2ccc([N+](=O)[O-])cc2)CC1. The van der Waals surface area contributed by atoms with Gasteiger partial charge in [0, 0.05) is 37.7 Å². The van der Waals surface area contributed by atoms with Crippen molar-refractivity contribution in [3.8, 4) is 0 Å². The molecule has 1 saturated heterocycles. The average Bonchev–Trinajstić information content (AvgIpc) is 2.73. The second-order valence-electron chi connectivity index (χ2n) is 7.01. The Bertz CT molecular complexity index is 953. The molecule has 0 unspecified atom stereocenters. The third-order valence-corrected chi connectivity index (χ3v) is 6.53. The molecule has 0 aliphatic carbocycles. The van der Waals surface area contributed by atoms with Gasteiger partial charge in [-0.05, 0) is 37.0 Å². The average molecular weight is 417 g/mol. The number of nitrogens with one attached hydrogen (secondary N) is 1. The molecule has 29 heavy (non-hydrogen) atoms. The number of nitrogens with zero attached hydrogens (tertiary/aromatic N) is 2. The third kappa shape index (κ3) is 5.61. The maximum absolute atomic E-state index is 12.5. The van der Waals surface area contributed by atoms with Crippen molar-refractivity contribution in [1.82, 2.24) is 9.62 Å². The fourth-order valence-electron chi connectivity index (χ4n) is 3.34. The topological polar surface area (TPSA) is 110 Å². The lowest BCUT2D eigenvalue weighted by atomic mass is 10.0. The van der Waals surface area contributed by atoms with Gasteiger partial charge in [0.15, 0.2) is 0 Å². The molecule has 1 fully saturated rings. The van der Waals surface area contributed by atoms with Crippen molar-refractivity contribution in [2.75, 3.05) is 13.1 Å². The molecule has 8 nitrogen and oxygen atoms in total. The van der Waals surface area contributed by atoms with Crippen LogP contribution in [0.15, 0.2) is 59.5 Å². The lowest BCUT2D eigenvalue weighted by molar-refractivity contribution is -0.384. The van der Waals surface area contributed by atoms with E-state index < -0.39 is 14.9 Å². The van der Waals surface area contributed by atoms with E-state index in [0.717, 1.165) is 5.56 Å². The first-order valence-electron chi connectivity index (χ1n) is 9.43. The van der Waals surface area contributed by atoms with Crippen LogP contribution in [0.3, 0.4) is 0 Å². The Morgan fingerprint density at radius 3 is 2.28 bits per heavy atom. The van der Waals surface area contributed by atoms with Crippen LogP contribution in [0.2, 0.25) is 0 Å². The number of non-ortho nitro benzene ring substituents is 1. The Kier molecular flexibility index (Phi) is 6.60. The minimum atomic E-state index is -3.76. The van der Waals surface area contributed by atoms with Crippen molar-refractivity contribution in [3.63, 3.8) is 0 Å². The summed E-state index contributed by atoms with van der Waals surface area (Å²) >= 11 is 0. The van der Waals surface area contributed by atoms with Crippen LogP contribution in [0.25, 0.3) is 0 Å². The van der Waals surface area contributed by atoms with E-state index in [2.05, 4.69) is 4.72 Å². The first kappa shape index (κ1) is 20.9. The number of amides is 1. The van der Waals surface area contributed by atoms with Gasteiger partial charge in [0.1, 0.15) is 0 Å². The standard InChI is InChI=1S/C20H23N3O5S/c24-20(11-6-16-4-2-1-3-5-16)22-14-12-17(13-15-22)21-29(27,28)19-9-7-18(8-10-19)23(25)26/h1-5,7-10,17,21H,6,11-15H2. The maximum atomic E-state index is 12.5. The van der Waals surface area contributed by atoms with Crippen molar-refractivity contribution < 1.29 is 18.1 Å². The van der Waals surface area contributed by atoms with Crippen molar-refractivity contribution in [2.24, 2.45) is 0 Å². The van der Waals surface area contributed by atoms with Gasteiger partial charge < -0.3 is 4.90 Å². The Morgan fingerprint density at radius 1 is 1.07 bits per heavy atom. The fraction of sp³-hybridized carbons (Fsp3) is 0.350. The number of sulfonamides is 1. The monoisotopic (exact) mass is 417 g/mol. The molecule has 2 aromatic rings. The number of likely N-dealkylation sites (tertiary alicyclic amines) is 1. The molecule has 1 aliphatic heterocycles. The number of nitro benzene ring substituents is 1. The number of benzene rings is 2. The molecule has 0 atom stereocenters. The van der Waals surface area contributed by atoms with Gasteiger partial charge >= 0.3 is 0 Å². The number of carbonyl (C=O) groups is 1. The van der Waals surface area contributed by atoms with Gasteiger partial charge in [-0.25, -0.2) is 13.1 Å². The summed E-state index contributed by atoms with van der Waals surface area (Å²) in [7, 11) is -3.76. The minimum absolute atomic E-state index is 0.00975. The van der Waals surface area contributed by atoms with Gasteiger partial charge in [0.25, 0.3) is 5.69 Å². The van der Waals surface area contributed by atoms with E-state index in [-0.39, 0.29) is 22.5 Å². The van der Waals surface area contributed by atoms with Gasteiger partial charge in [-0.15, -0.1) is 0 Å². The quantitative estimate of drug-likeness (QED) is 0.550. The van der Waals surface area contributed by atoms with Crippen molar-refractivity contribution >= 4 is 21.6 Å². The van der Waals surface area contributed by atoms with Crippen LogP contribution in [-0.2, 0) is 21.2 Å². The Balaban J connectivity index is 1.49. The largest absolute Gasteiger partial charge is 0.343 e. The summed E-state index contributed by atoms with van der Waals surface area (Å²) in [6, 6.07) is 14.3. The Hall–Kier alpha value is -2.78. The number of aryl methyl sites for hydroxylation is 1. The predicted octanol–water partition coefficient (Wildman–Crippen LogP) is 2.50. The Morgan fingerprint density at radius 2 is 1.69 bits per heavy atom. The van der Waals surface area contributed by atoms with Gasteiger partial charge in [-0.1, -0.05) is 30.3 Å². The molecule has 0 spiro atoms. The van der Waals surface area contributed by atoms with E-state index in [1.807, 2.05) is 30.3 Å². The van der Waals surface area contributed by atoms with Gasteiger partial charge in [-0.2, -0.15) is 0 Å². The highest BCUT2D eigenvalue weighted by molar-refractivity contribution is 7.89. The molecule has 0 aromatic heterocycles. The number of carbonyl (C=O) groups excluding carboxylic acids is 1.